The van der Waals surface area contributed by atoms with Crippen LogP contribution in [0, 0.1) is 0 Å². The van der Waals surface area contributed by atoms with E-state index in [1.807, 2.05) is 23.5 Å². The van der Waals surface area contributed by atoms with Gasteiger partial charge in [0.25, 0.3) is 0 Å². The second-order valence-electron chi connectivity index (χ2n) is 20.0. The van der Waals surface area contributed by atoms with E-state index in [1.165, 1.54) is 108 Å². The zero-order chi connectivity index (χ0) is 49.8. The van der Waals surface area contributed by atoms with Crippen LogP contribution in [0.5, 0.6) is 0 Å². The molecule has 0 amide bonds. The molecule has 13 aromatic carbocycles. The highest BCUT2D eigenvalue weighted by atomic mass is 32.1. The molecule has 3 nitrogen and oxygen atoms in total. The van der Waals surface area contributed by atoms with Gasteiger partial charge in [0.2, 0.25) is 0 Å². The average Bonchev–Trinajstić information content (AvgIpc) is 4.31. The van der Waals surface area contributed by atoms with Crippen molar-refractivity contribution in [2.75, 3.05) is 4.90 Å². The van der Waals surface area contributed by atoms with Crippen LogP contribution in [0.1, 0.15) is 0 Å². The van der Waals surface area contributed by atoms with E-state index in [1.54, 1.807) is 0 Å². The number of benzene rings is 13. The Kier molecular flexibility index (Phi) is 9.51. The summed E-state index contributed by atoms with van der Waals surface area (Å²) in [4.78, 5) is 2.40. The van der Waals surface area contributed by atoms with Crippen LogP contribution in [0.2, 0.25) is 0 Å². The van der Waals surface area contributed by atoms with E-state index in [-0.39, 0.29) is 0 Å². The Hall–Kier alpha value is -9.74. The minimum absolute atomic E-state index is 0.909. The quantitative estimate of drug-likeness (QED) is 0.148. The minimum Gasteiger partial charge on any atom is -0.456 e. The molecule has 0 aliphatic carbocycles. The SMILES string of the molecule is c1ccc(N(c2ccc(-c3ccc4c(c3)c3cc(-c5ccc(-c6ccc7oc8ccccc8c7c6)cc5)ccc3n4-c3ccc4c5ccccc5c5ccccc5c4c3)cc2)c2cccc3c2sc2ccccc23)cc1. The van der Waals surface area contributed by atoms with Gasteiger partial charge in [0.1, 0.15) is 11.2 Å². The van der Waals surface area contributed by atoms with Crippen LogP contribution in [0.3, 0.4) is 0 Å². The molecule has 0 aliphatic rings. The first-order chi connectivity index (χ1) is 37.7. The molecule has 0 bridgehead atoms. The molecule has 0 N–H and O–H groups in total. The zero-order valence-electron chi connectivity index (χ0n) is 41.1. The number of anilines is 3. The smallest absolute Gasteiger partial charge is 0.135 e. The lowest BCUT2D eigenvalue weighted by molar-refractivity contribution is 0.669. The van der Waals surface area contributed by atoms with Crippen molar-refractivity contribution in [2.45, 2.75) is 0 Å². The molecule has 16 aromatic rings. The molecule has 16 rings (SSSR count). The molecule has 0 aliphatic heterocycles. The van der Waals surface area contributed by atoms with E-state index >= 15 is 0 Å². The largest absolute Gasteiger partial charge is 0.456 e. The van der Waals surface area contributed by atoms with Gasteiger partial charge in [-0.1, -0.05) is 176 Å². The molecule has 3 heterocycles. The van der Waals surface area contributed by atoms with Crippen LogP contribution in [-0.2, 0) is 0 Å². The van der Waals surface area contributed by atoms with Crippen molar-refractivity contribution in [1.29, 1.82) is 0 Å². The van der Waals surface area contributed by atoms with Gasteiger partial charge < -0.3 is 13.9 Å². The molecular weight excluding hydrogens is 941 g/mol. The lowest BCUT2D eigenvalue weighted by Crippen LogP contribution is -2.09. The Morgan fingerprint density at radius 1 is 0.289 bits per heavy atom. The fourth-order valence-corrected chi connectivity index (χ4v) is 13.4. The second kappa shape index (κ2) is 16.9. The molecule has 3 aromatic heterocycles. The number of nitrogens with zero attached hydrogens (tertiary/aromatic N) is 2. The fourth-order valence-electron chi connectivity index (χ4n) is 12.2. The van der Waals surface area contributed by atoms with E-state index in [2.05, 4.69) is 264 Å². The zero-order valence-corrected chi connectivity index (χ0v) is 41.9. The van der Waals surface area contributed by atoms with Gasteiger partial charge in [-0.2, -0.15) is 0 Å². The number of hydrogen-bond acceptors (Lipinski definition) is 3. The predicted molar refractivity (Wildman–Crippen MR) is 324 cm³/mol. The van der Waals surface area contributed by atoms with Crippen molar-refractivity contribution in [3.8, 4) is 39.1 Å². The maximum atomic E-state index is 6.16. The molecule has 0 saturated heterocycles. The predicted octanol–water partition coefficient (Wildman–Crippen LogP) is 21.0. The summed E-state index contributed by atoms with van der Waals surface area (Å²) < 4.78 is 11.2. The first kappa shape index (κ1) is 42.7. The Bertz CT molecular complexity index is 4950. The molecule has 76 heavy (non-hydrogen) atoms. The van der Waals surface area contributed by atoms with Gasteiger partial charge in [0.15, 0.2) is 0 Å². The highest BCUT2D eigenvalue weighted by molar-refractivity contribution is 7.26. The molecule has 0 saturated carbocycles. The number of rotatable bonds is 7. The number of hydrogen-bond donors (Lipinski definition) is 0. The third-order valence-corrected chi connectivity index (χ3v) is 17.0. The van der Waals surface area contributed by atoms with E-state index in [0.717, 1.165) is 44.6 Å². The van der Waals surface area contributed by atoms with Crippen LogP contribution >= 0.6 is 11.3 Å². The lowest BCUT2D eigenvalue weighted by atomic mass is 9.94. The maximum absolute atomic E-state index is 6.16. The molecule has 0 spiro atoms. The first-order valence-electron chi connectivity index (χ1n) is 26.0. The first-order valence-corrected chi connectivity index (χ1v) is 26.8. The van der Waals surface area contributed by atoms with E-state index in [4.69, 9.17) is 4.42 Å². The molecule has 0 fully saturated rings. The highest BCUT2D eigenvalue weighted by Crippen LogP contribution is 2.46. The van der Waals surface area contributed by atoms with Gasteiger partial charge >= 0.3 is 0 Å². The molecule has 0 radical (unpaired) electrons. The summed E-state index contributed by atoms with van der Waals surface area (Å²) in [6.45, 7) is 0. The fraction of sp³-hybridized carbons (Fsp3) is 0. The number of para-hydroxylation sites is 2. The molecule has 354 valence electrons. The van der Waals surface area contributed by atoms with Crippen LogP contribution in [0.15, 0.2) is 271 Å². The number of fused-ring (bicyclic) bond motifs is 15. The second-order valence-corrected chi connectivity index (χ2v) is 21.0. The normalized spacial score (nSPS) is 11.9. The minimum atomic E-state index is 0.909. The van der Waals surface area contributed by atoms with Crippen molar-refractivity contribution in [3.05, 3.63) is 267 Å². The summed E-state index contributed by atoms with van der Waals surface area (Å²) in [6, 6.07) is 97.9. The number of aromatic nitrogens is 1. The summed E-state index contributed by atoms with van der Waals surface area (Å²) in [5.74, 6) is 0. The maximum Gasteiger partial charge on any atom is 0.135 e. The van der Waals surface area contributed by atoms with Crippen molar-refractivity contribution < 1.29 is 4.42 Å². The standard InChI is InChI=1S/C72H44N2OS/c1-2-13-51(14-3-1)73(68-22-12-21-61-60-20-9-11-24-71(60)76-72(61)68)52-34-29-47(30-35-52)49-32-39-67-64(42-49)63-41-48(45-25-27-46(28-26-45)50-33-40-70-65(43-50)59-19-8-10-23-69(59)75-70)31-38-66(63)74(67)53-36-37-58-56-17-5-4-15-54(56)55-16-6-7-18-57(55)62(58)44-53/h1-44H. The summed E-state index contributed by atoms with van der Waals surface area (Å²) in [5.41, 5.74) is 15.7. The third-order valence-electron chi connectivity index (χ3n) is 15.8. The van der Waals surface area contributed by atoms with Gasteiger partial charge in [-0.05, 0) is 157 Å². The van der Waals surface area contributed by atoms with Crippen LogP contribution in [0.25, 0.3) is 135 Å². The van der Waals surface area contributed by atoms with Gasteiger partial charge in [0, 0.05) is 54.1 Å². The molecule has 0 unspecified atom stereocenters. The van der Waals surface area contributed by atoms with Crippen molar-refractivity contribution in [3.63, 3.8) is 0 Å². The highest BCUT2D eigenvalue weighted by Gasteiger charge is 2.20. The Labute approximate surface area is 442 Å². The van der Waals surface area contributed by atoms with Gasteiger partial charge in [-0.3, -0.25) is 0 Å². The Morgan fingerprint density at radius 2 is 0.763 bits per heavy atom. The van der Waals surface area contributed by atoms with Gasteiger partial charge in [-0.15, -0.1) is 11.3 Å². The summed E-state index contributed by atoms with van der Waals surface area (Å²) in [6.07, 6.45) is 0. The van der Waals surface area contributed by atoms with Crippen LogP contribution < -0.4 is 4.90 Å². The number of furan rings is 1. The third kappa shape index (κ3) is 6.68. The summed E-state index contributed by atoms with van der Waals surface area (Å²) in [7, 11) is 0. The molecular formula is C72H44N2OS. The molecule has 4 heteroatoms. The van der Waals surface area contributed by atoms with Crippen molar-refractivity contribution in [1.82, 2.24) is 4.57 Å². The number of thiophene rings is 1. The Morgan fingerprint density at radius 3 is 1.42 bits per heavy atom. The van der Waals surface area contributed by atoms with Gasteiger partial charge in [-0.25, -0.2) is 0 Å². The van der Waals surface area contributed by atoms with Crippen LogP contribution in [-0.4, -0.2) is 4.57 Å². The monoisotopic (exact) mass is 984 g/mol. The lowest BCUT2D eigenvalue weighted by Gasteiger charge is -2.26. The molecule has 0 atom stereocenters. The Balaban J connectivity index is 0.837. The van der Waals surface area contributed by atoms with Crippen LogP contribution in [0.4, 0.5) is 17.1 Å². The summed E-state index contributed by atoms with van der Waals surface area (Å²) in [5, 5.41) is 14.9. The topological polar surface area (TPSA) is 21.3 Å². The summed E-state index contributed by atoms with van der Waals surface area (Å²) >= 11 is 1.86. The van der Waals surface area contributed by atoms with Gasteiger partial charge in [0.05, 0.1) is 21.4 Å². The van der Waals surface area contributed by atoms with E-state index in [0.29, 0.717) is 0 Å². The van der Waals surface area contributed by atoms with Crippen molar-refractivity contribution in [2.24, 2.45) is 0 Å². The van der Waals surface area contributed by atoms with E-state index < -0.39 is 0 Å². The average molecular weight is 985 g/mol. The van der Waals surface area contributed by atoms with Crippen molar-refractivity contribution >= 4 is 125 Å². The van der Waals surface area contributed by atoms with E-state index in [9.17, 15) is 0 Å².